The van der Waals surface area contributed by atoms with Crippen molar-refractivity contribution >= 4 is 11.8 Å². The highest BCUT2D eigenvalue weighted by molar-refractivity contribution is 5.97. The van der Waals surface area contributed by atoms with Crippen molar-refractivity contribution in [3.63, 3.8) is 0 Å². The molecule has 2 aromatic rings. The highest BCUT2D eigenvalue weighted by atomic mass is 19.1. The van der Waals surface area contributed by atoms with E-state index in [-0.39, 0.29) is 29.6 Å². The number of carbonyl (C=O) groups is 2. The highest BCUT2D eigenvalue weighted by Gasteiger charge is 2.34. The van der Waals surface area contributed by atoms with Crippen LogP contribution in [0.4, 0.5) is 8.78 Å². The van der Waals surface area contributed by atoms with E-state index in [9.17, 15) is 18.4 Å². The number of aromatic nitrogens is 2. The van der Waals surface area contributed by atoms with E-state index in [0.717, 1.165) is 18.2 Å². The number of nitrogens with one attached hydrogen (secondary N) is 2. The van der Waals surface area contributed by atoms with E-state index in [4.69, 9.17) is 4.74 Å². The Morgan fingerprint density at radius 3 is 2.67 bits per heavy atom. The van der Waals surface area contributed by atoms with Crippen molar-refractivity contribution in [2.24, 2.45) is 5.41 Å². The Labute approximate surface area is 173 Å². The molecular formula is C21H26F2N4O3. The standard InChI is InChI=1S/C21H26F2N4O3/c1-21(2,3)17(20(29)24-4)26-19(28)16-15-11-30-9-5-8-27(15)18(25-16)13-10-12(22)6-7-14(13)23/h6-7,10,17H,5,8-9,11H2,1-4H3,(H,24,29)(H,26,28). The third-order valence-electron chi connectivity index (χ3n) is 5.02. The van der Waals surface area contributed by atoms with E-state index in [0.29, 0.717) is 25.3 Å². The van der Waals surface area contributed by atoms with Crippen LogP contribution >= 0.6 is 0 Å². The average Bonchev–Trinajstić information content (AvgIpc) is 2.87. The zero-order valence-corrected chi connectivity index (χ0v) is 17.5. The summed E-state index contributed by atoms with van der Waals surface area (Å²) in [7, 11) is 1.49. The molecule has 1 unspecified atom stereocenters. The summed E-state index contributed by atoms with van der Waals surface area (Å²) >= 11 is 0. The molecule has 2 N–H and O–H groups in total. The lowest BCUT2D eigenvalue weighted by molar-refractivity contribution is -0.124. The van der Waals surface area contributed by atoms with E-state index in [2.05, 4.69) is 15.6 Å². The molecule has 1 aliphatic rings. The number of hydrogen-bond donors (Lipinski definition) is 2. The van der Waals surface area contributed by atoms with E-state index in [1.165, 1.54) is 7.05 Å². The monoisotopic (exact) mass is 420 g/mol. The van der Waals surface area contributed by atoms with Crippen molar-refractivity contribution in [2.75, 3.05) is 13.7 Å². The fourth-order valence-corrected chi connectivity index (χ4v) is 3.44. The summed E-state index contributed by atoms with van der Waals surface area (Å²) in [5.41, 5.74) is -0.0849. The summed E-state index contributed by atoms with van der Waals surface area (Å²) in [6.45, 7) is 6.51. The van der Waals surface area contributed by atoms with Gasteiger partial charge in [0.05, 0.1) is 17.9 Å². The Kier molecular flexibility index (Phi) is 6.21. The normalized spacial score (nSPS) is 15.1. The zero-order chi connectivity index (χ0) is 22.1. The first kappa shape index (κ1) is 21.9. The second-order valence-electron chi connectivity index (χ2n) is 8.30. The van der Waals surface area contributed by atoms with E-state index in [1.54, 1.807) is 4.57 Å². The Bertz CT molecular complexity index is 966. The number of likely N-dealkylation sites (N-methyl/N-ethyl adjacent to an activating group) is 1. The second-order valence-corrected chi connectivity index (χ2v) is 8.30. The minimum atomic E-state index is -0.812. The zero-order valence-electron chi connectivity index (χ0n) is 17.5. The Morgan fingerprint density at radius 1 is 1.27 bits per heavy atom. The van der Waals surface area contributed by atoms with Crippen molar-refractivity contribution in [3.05, 3.63) is 41.2 Å². The SMILES string of the molecule is CNC(=O)C(NC(=O)c1nc(-c2cc(F)ccc2F)n2c1COCCC2)C(C)(C)C. The number of fused-ring (bicyclic) bond motifs is 1. The molecule has 3 rings (SSSR count). The first-order chi connectivity index (χ1) is 14.1. The van der Waals surface area contributed by atoms with Crippen LogP contribution in [0.15, 0.2) is 18.2 Å². The van der Waals surface area contributed by atoms with Gasteiger partial charge < -0.3 is 19.9 Å². The molecule has 2 amide bonds. The average molecular weight is 420 g/mol. The first-order valence-electron chi connectivity index (χ1n) is 9.78. The summed E-state index contributed by atoms with van der Waals surface area (Å²) in [5.74, 6) is -2.00. The molecular weight excluding hydrogens is 394 g/mol. The minimum absolute atomic E-state index is 0.0316. The van der Waals surface area contributed by atoms with Gasteiger partial charge in [0.2, 0.25) is 5.91 Å². The molecule has 2 heterocycles. The predicted octanol–water partition coefficient (Wildman–Crippen LogP) is 2.64. The van der Waals surface area contributed by atoms with Gasteiger partial charge in [-0.3, -0.25) is 9.59 Å². The van der Waals surface area contributed by atoms with E-state index >= 15 is 0 Å². The van der Waals surface area contributed by atoms with Crippen molar-refractivity contribution < 1.29 is 23.1 Å². The maximum Gasteiger partial charge on any atom is 0.272 e. The number of carbonyl (C=O) groups excluding carboxylic acids is 2. The van der Waals surface area contributed by atoms with Gasteiger partial charge in [-0.15, -0.1) is 0 Å². The van der Waals surface area contributed by atoms with Crippen LogP contribution in [0.5, 0.6) is 0 Å². The number of rotatable bonds is 4. The molecule has 0 spiro atoms. The lowest BCUT2D eigenvalue weighted by atomic mass is 9.86. The van der Waals surface area contributed by atoms with E-state index < -0.39 is 29.0 Å². The van der Waals surface area contributed by atoms with Crippen molar-refractivity contribution in [1.29, 1.82) is 0 Å². The van der Waals surface area contributed by atoms with Crippen LogP contribution in [0.1, 0.15) is 43.4 Å². The smallest absolute Gasteiger partial charge is 0.272 e. The number of amides is 2. The molecule has 30 heavy (non-hydrogen) atoms. The third kappa shape index (κ3) is 4.35. The van der Waals surface area contributed by atoms with Crippen molar-refractivity contribution in [1.82, 2.24) is 20.2 Å². The minimum Gasteiger partial charge on any atom is -0.375 e. The summed E-state index contributed by atoms with van der Waals surface area (Å²) in [5, 5.41) is 5.29. The molecule has 0 fully saturated rings. The summed E-state index contributed by atoms with van der Waals surface area (Å²) in [6, 6.07) is 2.30. The van der Waals surface area contributed by atoms with Crippen LogP contribution in [-0.4, -0.2) is 41.1 Å². The third-order valence-corrected chi connectivity index (χ3v) is 5.02. The number of halogens is 2. The lowest BCUT2D eigenvalue weighted by Crippen LogP contribution is -2.53. The summed E-state index contributed by atoms with van der Waals surface area (Å²) < 4.78 is 35.5. The first-order valence-corrected chi connectivity index (χ1v) is 9.78. The van der Waals surface area contributed by atoms with Crippen LogP contribution < -0.4 is 10.6 Å². The summed E-state index contributed by atoms with van der Waals surface area (Å²) in [4.78, 5) is 29.8. The van der Waals surface area contributed by atoms with Crippen molar-refractivity contribution in [3.8, 4) is 11.4 Å². The van der Waals surface area contributed by atoms with Crippen molar-refractivity contribution in [2.45, 2.75) is 46.4 Å². The number of benzene rings is 1. The molecule has 1 atom stereocenters. The fourth-order valence-electron chi connectivity index (χ4n) is 3.44. The van der Waals surface area contributed by atoms with Gasteiger partial charge in [0.15, 0.2) is 5.69 Å². The van der Waals surface area contributed by atoms with Gasteiger partial charge in [0.1, 0.15) is 23.5 Å². The molecule has 0 aliphatic carbocycles. The number of imidazole rings is 1. The molecule has 0 bridgehead atoms. The lowest BCUT2D eigenvalue weighted by Gasteiger charge is -2.29. The van der Waals surface area contributed by atoms with Gasteiger partial charge in [0.25, 0.3) is 5.91 Å². The molecule has 7 nitrogen and oxygen atoms in total. The largest absolute Gasteiger partial charge is 0.375 e. The summed E-state index contributed by atoms with van der Waals surface area (Å²) in [6.07, 6.45) is 0.636. The number of nitrogens with zero attached hydrogens (tertiary/aromatic N) is 2. The Morgan fingerprint density at radius 2 is 2.00 bits per heavy atom. The number of ether oxygens (including phenoxy) is 1. The molecule has 0 saturated carbocycles. The van der Waals surface area contributed by atoms with Gasteiger partial charge in [-0.25, -0.2) is 13.8 Å². The van der Waals surface area contributed by atoms with Gasteiger partial charge in [0, 0.05) is 20.2 Å². The number of hydrogen-bond acceptors (Lipinski definition) is 4. The van der Waals surface area contributed by atoms with E-state index in [1.807, 2.05) is 20.8 Å². The predicted molar refractivity (Wildman–Crippen MR) is 107 cm³/mol. The van der Waals surface area contributed by atoms with Crippen LogP contribution in [-0.2, 0) is 22.7 Å². The Balaban J connectivity index is 2.07. The van der Waals surface area contributed by atoms with Crippen LogP contribution in [0.3, 0.4) is 0 Å². The van der Waals surface area contributed by atoms with Crippen LogP contribution in [0.2, 0.25) is 0 Å². The van der Waals surface area contributed by atoms with Gasteiger partial charge in [-0.1, -0.05) is 20.8 Å². The second kappa shape index (κ2) is 8.51. The topological polar surface area (TPSA) is 85.3 Å². The molecule has 9 heteroatoms. The molecule has 1 aliphatic heterocycles. The quantitative estimate of drug-likeness (QED) is 0.796. The highest BCUT2D eigenvalue weighted by Crippen LogP contribution is 2.29. The van der Waals surface area contributed by atoms with Crippen LogP contribution in [0.25, 0.3) is 11.4 Å². The maximum atomic E-state index is 14.5. The molecule has 0 radical (unpaired) electrons. The van der Waals surface area contributed by atoms with Gasteiger partial charge in [-0.2, -0.15) is 0 Å². The molecule has 1 aromatic heterocycles. The maximum absolute atomic E-state index is 14.5. The Hall–Kier alpha value is -2.81. The molecule has 162 valence electrons. The van der Waals surface area contributed by atoms with Gasteiger partial charge in [-0.05, 0) is 30.0 Å². The molecule has 1 aromatic carbocycles. The van der Waals surface area contributed by atoms with Gasteiger partial charge >= 0.3 is 0 Å². The van der Waals surface area contributed by atoms with Crippen LogP contribution in [0, 0.1) is 17.0 Å². The molecule has 0 saturated heterocycles. The fraction of sp³-hybridized carbons (Fsp3) is 0.476.